The van der Waals surface area contributed by atoms with E-state index in [0.29, 0.717) is 5.78 Å². The Bertz CT molecular complexity index is 481. The number of hydrogen-bond donors (Lipinski definition) is 0. The second kappa shape index (κ2) is 13.9. The van der Waals surface area contributed by atoms with Gasteiger partial charge in [-0.2, -0.15) is 0 Å². The summed E-state index contributed by atoms with van der Waals surface area (Å²) < 4.78 is 2.00. The molecule has 1 aromatic rings. The van der Waals surface area contributed by atoms with E-state index in [2.05, 4.69) is 37.3 Å². The summed E-state index contributed by atoms with van der Waals surface area (Å²) in [6.07, 6.45) is 15.9. The monoisotopic (exact) mass is 363 g/mol. The minimum Gasteiger partial charge on any atom is -0.299 e. The first-order chi connectivity index (χ1) is 12.5. The second-order valence-corrected chi connectivity index (χ2v) is 8.26. The molecule has 4 nitrogen and oxygen atoms in total. The van der Waals surface area contributed by atoms with E-state index in [-0.39, 0.29) is 5.92 Å². The van der Waals surface area contributed by atoms with E-state index in [0.717, 1.165) is 56.7 Å². The standard InChI is InChI=1S/C22H41N3O/c1-5-20(4)22(26)16-12-7-6-11-15-21-18-25(24-23-21)17-13-9-8-10-14-19(2)3/h18-20H,5-17H2,1-4H3. The Balaban J connectivity index is 2.03. The summed E-state index contributed by atoms with van der Waals surface area (Å²) in [5.41, 5.74) is 1.11. The van der Waals surface area contributed by atoms with Crippen LogP contribution in [0.3, 0.4) is 0 Å². The molecule has 4 heteroatoms. The van der Waals surface area contributed by atoms with E-state index in [1.807, 2.05) is 11.6 Å². The Kier molecular flexibility index (Phi) is 12.3. The van der Waals surface area contributed by atoms with E-state index in [4.69, 9.17) is 0 Å². The number of aryl methyl sites for hydroxylation is 2. The number of aromatic nitrogens is 3. The normalized spacial score (nSPS) is 12.7. The Morgan fingerprint density at radius 2 is 1.69 bits per heavy atom. The predicted molar refractivity (Wildman–Crippen MR) is 109 cm³/mol. The molecule has 1 atom stereocenters. The Morgan fingerprint density at radius 3 is 2.42 bits per heavy atom. The van der Waals surface area contributed by atoms with Crippen LogP contribution in [0.1, 0.15) is 104 Å². The maximum atomic E-state index is 11.8. The van der Waals surface area contributed by atoms with Crippen LogP contribution in [0.5, 0.6) is 0 Å². The molecule has 0 saturated heterocycles. The number of unbranched alkanes of at least 4 members (excludes halogenated alkanes) is 6. The lowest BCUT2D eigenvalue weighted by Gasteiger charge is -2.06. The maximum Gasteiger partial charge on any atom is 0.135 e. The van der Waals surface area contributed by atoms with Crippen molar-refractivity contribution in [2.75, 3.05) is 0 Å². The van der Waals surface area contributed by atoms with Crippen molar-refractivity contribution < 1.29 is 4.79 Å². The highest BCUT2D eigenvalue weighted by Gasteiger charge is 2.09. The molecule has 0 radical (unpaired) electrons. The highest BCUT2D eigenvalue weighted by Crippen LogP contribution is 2.12. The molecular weight excluding hydrogens is 322 g/mol. The minimum atomic E-state index is 0.236. The van der Waals surface area contributed by atoms with Crippen LogP contribution in [0.4, 0.5) is 0 Å². The average Bonchev–Trinajstić information content (AvgIpc) is 3.07. The van der Waals surface area contributed by atoms with Crippen molar-refractivity contribution in [2.45, 2.75) is 111 Å². The predicted octanol–water partition coefficient (Wildman–Crippen LogP) is 5.99. The fraction of sp³-hybridized carbons (Fsp3) is 0.864. The zero-order valence-corrected chi connectivity index (χ0v) is 17.7. The molecule has 0 aliphatic rings. The zero-order valence-electron chi connectivity index (χ0n) is 17.7. The first-order valence-electron chi connectivity index (χ1n) is 10.9. The number of carbonyl (C=O) groups is 1. The van der Waals surface area contributed by atoms with Gasteiger partial charge >= 0.3 is 0 Å². The Morgan fingerprint density at radius 1 is 1.00 bits per heavy atom. The third-order valence-corrected chi connectivity index (χ3v) is 5.27. The molecule has 1 rings (SSSR count). The van der Waals surface area contributed by atoms with Gasteiger partial charge in [-0.15, -0.1) is 5.10 Å². The van der Waals surface area contributed by atoms with Crippen molar-refractivity contribution >= 4 is 5.78 Å². The van der Waals surface area contributed by atoms with Gasteiger partial charge in [-0.05, 0) is 38.0 Å². The van der Waals surface area contributed by atoms with Crippen molar-refractivity contribution in [1.29, 1.82) is 0 Å². The summed E-state index contributed by atoms with van der Waals surface area (Å²) in [5, 5.41) is 8.54. The van der Waals surface area contributed by atoms with E-state index in [9.17, 15) is 4.79 Å². The van der Waals surface area contributed by atoms with E-state index < -0.39 is 0 Å². The van der Waals surface area contributed by atoms with Crippen LogP contribution in [0, 0.1) is 11.8 Å². The number of Topliss-reactive ketones (excluding diaryl/α,β-unsaturated/α-hetero) is 1. The van der Waals surface area contributed by atoms with Crippen LogP contribution < -0.4 is 0 Å². The van der Waals surface area contributed by atoms with Crippen LogP contribution in [0.2, 0.25) is 0 Å². The minimum absolute atomic E-state index is 0.236. The topological polar surface area (TPSA) is 47.8 Å². The zero-order chi connectivity index (χ0) is 19.2. The molecule has 0 amide bonds. The lowest BCUT2D eigenvalue weighted by molar-refractivity contribution is -0.122. The molecule has 0 bridgehead atoms. The quantitative estimate of drug-likeness (QED) is 0.339. The van der Waals surface area contributed by atoms with Crippen molar-refractivity contribution in [2.24, 2.45) is 11.8 Å². The summed E-state index contributed by atoms with van der Waals surface area (Å²) in [4.78, 5) is 11.8. The molecule has 0 saturated carbocycles. The van der Waals surface area contributed by atoms with Crippen molar-refractivity contribution in [3.8, 4) is 0 Å². The molecular formula is C22H41N3O. The van der Waals surface area contributed by atoms with Gasteiger partial charge < -0.3 is 0 Å². The molecule has 26 heavy (non-hydrogen) atoms. The molecule has 0 fully saturated rings. The van der Waals surface area contributed by atoms with Gasteiger partial charge in [0.1, 0.15) is 5.78 Å². The number of nitrogens with zero attached hydrogens (tertiary/aromatic N) is 3. The number of rotatable bonds is 16. The van der Waals surface area contributed by atoms with Gasteiger partial charge in [0.15, 0.2) is 0 Å². The molecule has 0 N–H and O–H groups in total. The van der Waals surface area contributed by atoms with Gasteiger partial charge in [0.2, 0.25) is 0 Å². The summed E-state index contributed by atoms with van der Waals surface area (Å²) in [5.74, 6) is 1.49. The van der Waals surface area contributed by atoms with Gasteiger partial charge in [0.05, 0.1) is 5.69 Å². The van der Waals surface area contributed by atoms with E-state index in [1.165, 1.54) is 38.5 Å². The fourth-order valence-electron chi connectivity index (χ4n) is 3.18. The fourth-order valence-corrected chi connectivity index (χ4v) is 3.18. The third kappa shape index (κ3) is 10.7. The molecule has 0 aromatic carbocycles. The number of ketones is 1. The molecule has 1 unspecified atom stereocenters. The van der Waals surface area contributed by atoms with Gasteiger partial charge in [0.25, 0.3) is 0 Å². The van der Waals surface area contributed by atoms with Crippen LogP contribution >= 0.6 is 0 Å². The van der Waals surface area contributed by atoms with Crippen LogP contribution in [-0.4, -0.2) is 20.8 Å². The maximum absolute atomic E-state index is 11.8. The van der Waals surface area contributed by atoms with E-state index in [1.54, 1.807) is 0 Å². The van der Waals surface area contributed by atoms with Crippen LogP contribution in [0.25, 0.3) is 0 Å². The SMILES string of the molecule is CCC(C)C(=O)CCCCCCc1cn(CCCCCCC(C)C)nn1. The molecule has 1 heterocycles. The molecule has 0 spiro atoms. The molecule has 150 valence electrons. The van der Waals surface area contributed by atoms with Crippen molar-refractivity contribution in [1.82, 2.24) is 15.0 Å². The number of hydrogen-bond acceptors (Lipinski definition) is 3. The Hall–Kier alpha value is -1.19. The summed E-state index contributed by atoms with van der Waals surface area (Å²) in [6.45, 7) is 9.71. The highest BCUT2D eigenvalue weighted by atomic mass is 16.1. The average molecular weight is 364 g/mol. The third-order valence-electron chi connectivity index (χ3n) is 5.27. The molecule has 1 aromatic heterocycles. The number of carbonyl (C=O) groups excluding carboxylic acids is 1. The summed E-state index contributed by atoms with van der Waals surface area (Å²) >= 11 is 0. The smallest absolute Gasteiger partial charge is 0.135 e. The van der Waals surface area contributed by atoms with Crippen molar-refractivity contribution in [3.63, 3.8) is 0 Å². The van der Waals surface area contributed by atoms with Gasteiger partial charge in [0, 0.05) is 25.1 Å². The van der Waals surface area contributed by atoms with Crippen molar-refractivity contribution in [3.05, 3.63) is 11.9 Å². The second-order valence-electron chi connectivity index (χ2n) is 8.26. The molecule has 0 aliphatic carbocycles. The van der Waals surface area contributed by atoms with Gasteiger partial charge in [-0.3, -0.25) is 9.48 Å². The largest absolute Gasteiger partial charge is 0.299 e. The summed E-state index contributed by atoms with van der Waals surface area (Å²) in [7, 11) is 0. The van der Waals surface area contributed by atoms with E-state index >= 15 is 0 Å². The van der Waals surface area contributed by atoms with Crippen LogP contribution in [-0.2, 0) is 17.8 Å². The Labute approximate surface area is 161 Å². The summed E-state index contributed by atoms with van der Waals surface area (Å²) in [6, 6.07) is 0. The highest BCUT2D eigenvalue weighted by molar-refractivity contribution is 5.80. The van der Waals surface area contributed by atoms with Gasteiger partial charge in [-0.1, -0.05) is 71.4 Å². The van der Waals surface area contributed by atoms with Gasteiger partial charge in [-0.25, -0.2) is 0 Å². The van der Waals surface area contributed by atoms with Crippen LogP contribution in [0.15, 0.2) is 6.20 Å². The molecule has 0 aliphatic heterocycles. The lowest BCUT2D eigenvalue weighted by atomic mass is 9.98. The first kappa shape index (κ1) is 22.9. The lowest BCUT2D eigenvalue weighted by Crippen LogP contribution is -2.09. The first-order valence-corrected chi connectivity index (χ1v) is 10.9.